The Morgan fingerprint density at radius 3 is 2.63 bits per heavy atom. The average molecular weight is 415 g/mol. The number of hydrogen-bond acceptors (Lipinski definition) is 5. The largest absolute Gasteiger partial charge is 0.454 e. The molecule has 1 aromatic rings. The molecular weight excluding hydrogens is 386 g/mol. The van der Waals surface area contributed by atoms with Crippen LogP contribution in [0, 0.1) is 5.92 Å². The molecular formula is C22H29N3O5. The first kappa shape index (κ1) is 21.8. The lowest BCUT2D eigenvalue weighted by Crippen LogP contribution is -2.54. The molecule has 8 heteroatoms. The summed E-state index contributed by atoms with van der Waals surface area (Å²) in [5.74, 6) is -1.52. The minimum atomic E-state index is -0.920. The van der Waals surface area contributed by atoms with Crippen molar-refractivity contribution in [2.24, 2.45) is 5.92 Å². The smallest absolute Gasteiger partial charge is 0.326 e. The molecule has 0 radical (unpaired) electrons. The van der Waals surface area contributed by atoms with Crippen molar-refractivity contribution in [3.63, 3.8) is 0 Å². The van der Waals surface area contributed by atoms with Crippen LogP contribution < -0.4 is 5.32 Å². The zero-order valence-corrected chi connectivity index (χ0v) is 17.7. The zero-order chi connectivity index (χ0) is 21.9. The number of imide groups is 1. The summed E-state index contributed by atoms with van der Waals surface area (Å²) in [6.45, 7) is 2.89. The van der Waals surface area contributed by atoms with Crippen molar-refractivity contribution in [1.82, 2.24) is 15.1 Å². The highest BCUT2D eigenvalue weighted by Crippen LogP contribution is 2.38. The quantitative estimate of drug-likeness (QED) is 0.568. The molecule has 0 unspecified atom stereocenters. The van der Waals surface area contributed by atoms with E-state index in [1.807, 2.05) is 44.2 Å². The minimum Gasteiger partial charge on any atom is -0.454 e. The fourth-order valence-corrected chi connectivity index (χ4v) is 4.23. The van der Waals surface area contributed by atoms with Gasteiger partial charge in [-0.2, -0.15) is 0 Å². The average Bonchev–Trinajstić information content (AvgIpc) is 2.98. The van der Waals surface area contributed by atoms with Gasteiger partial charge in [-0.05, 0) is 31.2 Å². The molecule has 1 spiro atoms. The van der Waals surface area contributed by atoms with Gasteiger partial charge in [-0.15, -0.1) is 0 Å². The predicted octanol–water partition coefficient (Wildman–Crippen LogP) is 2.25. The third-order valence-corrected chi connectivity index (χ3v) is 6.40. The van der Waals surface area contributed by atoms with Gasteiger partial charge in [-0.3, -0.25) is 19.3 Å². The molecule has 1 saturated carbocycles. The van der Waals surface area contributed by atoms with Gasteiger partial charge in [0.15, 0.2) is 6.61 Å². The van der Waals surface area contributed by atoms with Crippen LogP contribution in [-0.4, -0.2) is 59.4 Å². The molecule has 30 heavy (non-hydrogen) atoms. The standard InChI is InChI=1S/C22H29N3O5/c1-15-9-7-8-12-22(15)20(28)25(21(29)23-22)13-19(27)30-14-18(26)24(3)16(2)17-10-5-4-6-11-17/h4-6,10-11,15-16H,7-9,12-14H2,1-3H3,(H,23,29)/t15-,16-,22-/m0/s1. The first-order valence-corrected chi connectivity index (χ1v) is 10.4. The Labute approximate surface area is 176 Å². The first-order valence-electron chi connectivity index (χ1n) is 10.4. The van der Waals surface area contributed by atoms with Crippen LogP contribution in [0.1, 0.15) is 51.1 Å². The second-order valence-corrected chi connectivity index (χ2v) is 8.19. The van der Waals surface area contributed by atoms with E-state index in [0.29, 0.717) is 6.42 Å². The van der Waals surface area contributed by atoms with E-state index in [2.05, 4.69) is 5.32 Å². The Bertz CT molecular complexity index is 827. The van der Waals surface area contributed by atoms with E-state index in [0.717, 1.165) is 29.7 Å². The molecule has 4 amide bonds. The summed E-state index contributed by atoms with van der Waals surface area (Å²) in [6, 6.07) is 8.75. The maximum atomic E-state index is 12.9. The van der Waals surface area contributed by atoms with E-state index < -0.39 is 30.7 Å². The van der Waals surface area contributed by atoms with E-state index in [9.17, 15) is 19.2 Å². The number of amides is 4. The van der Waals surface area contributed by atoms with Crippen molar-refractivity contribution in [3.05, 3.63) is 35.9 Å². The monoisotopic (exact) mass is 415 g/mol. The fraction of sp³-hybridized carbons (Fsp3) is 0.545. The molecule has 162 valence electrons. The third-order valence-electron chi connectivity index (χ3n) is 6.40. The van der Waals surface area contributed by atoms with Crippen LogP contribution >= 0.6 is 0 Å². The summed E-state index contributed by atoms with van der Waals surface area (Å²) in [6.07, 6.45) is 3.30. The summed E-state index contributed by atoms with van der Waals surface area (Å²) in [5, 5.41) is 2.79. The summed E-state index contributed by atoms with van der Waals surface area (Å²) in [4.78, 5) is 52.3. The topological polar surface area (TPSA) is 96.0 Å². The third kappa shape index (κ3) is 4.17. The number of nitrogens with zero attached hydrogens (tertiary/aromatic N) is 2. The molecule has 2 aliphatic rings. The van der Waals surface area contributed by atoms with Crippen molar-refractivity contribution in [3.8, 4) is 0 Å². The van der Waals surface area contributed by atoms with Crippen LogP contribution in [0.2, 0.25) is 0 Å². The van der Waals surface area contributed by atoms with Gasteiger partial charge >= 0.3 is 12.0 Å². The van der Waals surface area contributed by atoms with Crippen molar-refractivity contribution in [1.29, 1.82) is 0 Å². The Hall–Kier alpha value is -2.90. The second kappa shape index (κ2) is 8.85. The van der Waals surface area contributed by atoms with Crippen molar-refractivity contribution < 1.29 is 23.9 Å². The van der Waals surface area contributed by atoms with Gasteiger partial charge in [0.2, 0.25) is 0 Å². The number of hydrogen-bond donors (Lipinski definition) is 1. The highest BCUT2D eigenvalue weighted by Gasteiger charge is 2.55. The molecule has 2 fully saturated rings. The van der Waals surface area contributed by atoms with Crippen LogP contribution in [0.15, 0.2) is 30.3 Å². The van der Waals surface area contributed by atoms with E-state index in [1.54, 1.807) is 7.05 Å². The minimum absolute atomic E-state index is 0.0124. The maximum absolute atomic E-state index is 12.9. The van der Waals surface area contributed by atoms with Gasteiger partial charge in [-0.1, -0.05) is 50.1 Å². The number of likely N-dealkylation sites (N-methyl/N-ethyl adjacent to an activating group) is 1. The second-order valence-electron chi connectivity index (χ2n) is 8.19. The lowest BCUT2D eigenvalue weighted by molar-refractivity contribution is -0.154. The number of rotatable bonds is 6. The summed E-state index contributed by atoms with van der Waals surface area (Å²) in [5.41, 5.74) is 0.0439. The predicted molar refractivity (Wildman–Crippen MR) is 109 cm³/mol. The maximum Gasteiger partial charge on any atom is 0.326 e. The number of urea groups is 1. The highest BCUT2D eigenvalue weighted by atomic mass is 16.5. The number of esters is 1. The molecule has 3 rings (SSSR count). The molecule has 3 atom stereocenters. The molecule has 0 bridgehead atoms. The van der Waals surface area contributed by atoms with Crippen LogP contribution in [0.5, 0.6) is 0 Å². The van der Waals surface area contributed by atoms with Crippen molar-refractivity contribution in [2.45, 2.75) is 51.1 Å². The molecule has 1 aliphatic carbocycles. The number of carbonyl (C=O) groups is 4. The number of benzene rings is 1. The van der Waals surface area contributed by atoms with E-state index >= 15 is 0 Å². The van der Waals surface area contributed by atoms with Gasteiger partial charge in [0.1, 0.15) is 12.1 Å². The molecule has 1 saturated heterocycles. The fourth-order valence-electron chi connectivity index (χ4n) is 4.23. The molecule has 0 aromatic heterocycles. The molecule has 1 N–H and O–H groups in total. The lowest BCUT2D eigenvalue weighted by Gasteiger charge is -2.36. The number of nitrogens with one attached hydrogen (secondary N) is 1. The molecule has 1 aromatic carbocycles. The Morgan fingerprint density at radius 1 is 1.27 bits per heavy atom. The lowest BCUT2D eigenvalue weighted by atomic mass is 9.73. The van der Waals surface area contributed by atoms with E-state index in [-0.39, 0.29) is 23.8 Å². The van der Waals surface area contributed by atoms with Gasteiger partial charge in [-0.25, -0.2) is 4.79 Å². The van der Waals surface area contributed by atoms with Gasteiger partial charge in [0, 0.05) is 7.05 Å². The molecule has 1 aliphatic heterocycles. The Morgan fingerprint density at radius 2 is 1.97 bits per heavy atom. The normalized spacial score (nSPS) is 24.5. The van der Waals surface area contributed by atoms with Crippen LogP contribution in [0.4, 0.5) is 4.79 Å². The molecule has 8 nitrogen and oxygen atoms in total. The van der Waals surface area contributed by atoms with Crippen molar-refractivity contribution >= 4 is 23.8 Å². The van der Waals surface area contributed by atoms with Crippen LogP contribution in [0.3, 0.4) is 0 Å². The summed E-state index contributed by atoms with van der Waals surface area (Å²) < 4.78 is 5.07. The summed E-state index contributed by atoms with van der Waals surface area (Å²) >= 11 is 0. The highest BCUT2D eigenvalue weighted by molar-refractivity contribution is 6.09. The Balaban J connectivity index is 1.53. The molecule has 1 heterocycles. The SMILES string of the molecule is C[C@@H](c1ccccc1)N(C)C(=O)COC(=O)CN1C(=O)N[C@]2(CCCC[C@@H]2C)C1=O. The van der Waals surface area contributed by atoms with Gasteiger partial charge < -0.3 is 15.0 Å². The number of carbonyl (C=O) groups excluding carboxylic acids is 4. The van der Waals surface area contributed by atoms with Crippen LogP contribution in [-0.2, 0) is 19.1 Å². The van der Waals surface area contributed by atoms with Gasteiger partial charge in [0.05, 0.1) is 6.04 Å². The zero-order valence-electron chi connectivity index (χ0n) is 17.7. The van der Waals surface area contributed by atoms with Gasteiger partial charge in [0.25, 0.3) is 11.8 Å². The van der Waals surface area contributed by atoms with Crippen molar-refractivity contribution in [2.75, 3.05) is 20.2 Å². The van der Waals surface area contributed by atoms with Crippen LogP contribution in [0.25, 0.3) is 0 Å². The first-order chi connectivity index (χ1) is 14.3. The summed E-state index contributed by atoms with van der Waals surface area (Å²) in [7, 11) is 1.64. The van der Waals surface area contributed by atoms with E-state index in [4.69, 9.17) is 4.74 Å². The number of ether oxygens (including phenoxy) is 1. The van der Waals surface area contributed by atoms with E-state index in [1.165, 1.54) is 4.90 Å². The Kier molecular flexibility index (Phi) is 6.43.